The first-order valence-corrected chi connectivity index (χ1v) is 3.52. The molecule has 0 aliphatic heterocycles. The summed E-state index contributed by atoms with van der Waals surface area (Å²) in [4.78, 5) is 13.8. The van der Waals surface area contributed by atoms with Crippen molar-refractivity contribution in [1.29, 1.82) is 5.26 Å². The van der Waals surface area contributed by atoms with Crippen LogP contribution in [0.2, 0.25) is 0 Å². The maximum Gasteiger partial charge on any atom is 0.140 e. The zero-order valence-electron chi connectivity index (χ0n) is 6.65. The number of carbonyl (C=O) groups is 1. The molecule has 1 aromatic rings. The standard InChI is InChI=1S/C8H7N3O2/c9-3-7-2-1-6(4-10-7)5-11-8(12)13/h1-2,4,11H,5H2,(H,12,13)/p-1. The number of nitrogens with zero attached hydrogens (tertiary/aromatic N) is 2. The van der Waals surface area contributed by atoms with Crippen LogP contribution in [-0.4, -0.2) is 11.1 Å². The Labute approximate surface area is 74.6 Å². The first kappa shape index (κ1) is 9.00. The third kappa shape index (κ3) is 2.79. The molecule has 0 radical (unpaired) electrons. The largest absolute Gasteiger partial charge is 0.530 e. The minimum absolute atomic E-state index is 0.140. The molecule has 0 unspecified atom stereocenters. The molecule has 0 aromatic carbocycles. The molecule has 0 bridgehead atoms. The monoisotopic (exact) mass is 176 g/mol. The summed E-state index contributed by atoms with van der Waals surface area (Å²) in [6, 6.07) is 5.01. The second-order valence-electron chi connectivity index (χ2n) is 2.30. The van der Waals surface area contributed by atoms with E-state index in [1.807, 2.05) is 6.07 Å². The van der Waals surface area contributed by atoms with Crippen LogP contribution in [0.25, 0.3) is 0 Å². The molecule has 0 aliphatic carbocycles. The van der Waals surface area contributed by atoms with E-state index in [0.717, 1.165) is 0 Å². The maximum atomic E-state index is 10.0. The molecule has 0 spiro atoms. The van der Waals surface area contributed by atoms with Crippen LogP contribution in [0, 0.1) is 11.3 Å². The van der Waals surface area contributed by atoms with Crippen molar-refractivity contribution in [2.75, 3.05) is 0 Å². The summed E-state index contributed by atoms with van der Waals surface area (Å²) >= 11 is 0. The highest BCUT2D eigenvalue weighted by Crippen LogP contribution is 1.98. The summed E-state index contributed by atoms with van der Waals surface area (Å²) in [5.74, 6) is 0. The van der Waals surface area contributed by atoms with Crippen molar-refractivity contribution in [2.24, 2.45) is 0 Å². The molecule has 1 N–H and O–H groups in total. The van der Waals surface area contributed by atoms with Gasteiger partial charge in [0.15, 0.2) is 0 Å². The second kappa shape index (κ2) is 4.07. The third-order valence-corrected chi connectivity index (χ3v) is 1.38. The van der Waals surface area contributed by atoms with Crippen molar-refractivity contribution in [3.8, 4) is 6.07 Å². The van der Waals surface area contributed by atoms with Crippen LogP contribution in [0.5, 0.6) is 0 Å². The predicted molar refractivity (Wildman–Crippen MR) is 41.2 cm³/mol. The van der Waals surface area contributed by atoms with Crippen LogP contribution in [0.3, 0.4) is 0 Å². The quantitative estimate of drug-likeness (QED) is 0.650. The number of hydrogen-bond acceptors (Lipinski definition) is 4. The van der Waals surface area contributed by atoms with Gasteiger partial charge in [-0.3, -0.25) is 0 Å². The fourth-order valence-electron chi connectivity index (χ4n) is 0.769. The van der Waals surface area contributed by atoms with Crippen LogP contribution in [0.4, 0.5) is 4.79 Å². The molecular weight excluding hydrogens is 170 g/mol. The number of amides is 1. The lowest BCUT2D eigenvalue weighted by Gasteiger charge is -2.05. The lowest BCUT2D eigenvalue weighted by Crippen LogP contribution is -2.35. The summed E-state index contributed by atoms with van der Waals surface area (Å²) in [7, 11) is 0. The predicted octanol–water partition coefficient (Wildman–Crippen LogP) is -0.614. The van der Waals surface area contributed by atoms with E-state index in [9.17, 15) is 9.90 Å². The molecule has 13 heavy (non-hydrogen) atoms. The van der Waals surface area contributed by atoms with Gasteiger partial charge in [-0.2, -0.15) is 5.26 Å². The van der Waals surface area contributed by atoms with Crippen molar-refractivity contribution in [1.82, 2.24) is 10.3 Å². The number of nitrogens with one attached hydrogen (secondary N) is 1. The minimum Gasteiger partial charge on any atom is -0.530 e. The Hall–Kier alpha value is -2.09. The number of pyridine rings is 1. The molecule has 0 saturated carbocycles. The molecule has 0 atom stereocenters. The first-order chi connectivity index (χ1) is 6.22. The van der Waals surface area contributed by atoms with Crippen molar-refractivity contribution >= 4 is 6.09 Å². The fourth-order valence-corrected chi connectivity index (χ4v) is 0.769. The smallest absolute Gasteiger partial charge is 0.140 e. The highest BCUT2D eigenvalue weighted by Gasteiger charge is 1.93. The summed E-state index contributed by atoms with van der Waals surface area (Å²) < 4.78 is 0. The van der Waals surface area contributed by atoms with Gasteiger partial charge in [-0.1, -0.05) is 6.07 Å². The number of aromatic nitrogens is 1. The van der Waals surface area contributed by atoms with E-state index >= 15 is 0 Å². The van der Waals surface area contributed by atoms with Crippen LogP contribution in [0.15, 0.2) is 18.3 Å². The highest BCUT2D eigenvalue weighted by atomic mass is 16.4. The Morgan fingerprint density at radius 3 is 2.92 bits per heavy atom. The molecule has 1 amide bonds. The summed E-state index contributed by atoms with van der Waals surface area (Å²) in [6.07, 6.45) is 0.110. The number of carbonyl (C=O) groups excluding carboxylic acids is 1. The van der Waals surface area contributed by atoms with E-state index in [4.69, 9.17) is 5.26 Å². The molecule has 5 heteroatoms. The molecule has 5 nitrogen and oxygen atoms in total. The number of carboxylic acid groups (broad SMARTS) is 1. The summed E-state index contributed by atoms with van der Waals surface area (Å²) in [6.45, 7) is 0.140. The normalized spacial score (nSPS) is 8.85. The Morgan fingerprint density at radius 2 is 2.46 bits per heavy atom. The van der Waals surface area contributed by atoms with E-state index < -0.39 is 6.09 Å². The number of rotatable bonds is 2. The Balaban J connectivity index is 2.60. The minimum atomic E-state index is -1.33. The fraction of sp³-hybridized carbons (Fsp3) is 0.125. The third-order valence-electron chi connectivity index (χ3n) is 1.38. The molecule has 0 saturated heterocycles. The lowest BCUT2D eigenvalue weighted by atomic mass is 10.2. The Kier molecular flexibility index (Phi) is 2.82. The second-order valence-corrected chi connectivity index (χ2v) is 2.30. The van der Waals surface area contributed by atoms with Gasteiger partial charge >= 0.3 is 0 Å². The average Bonchev–Trinajstić information content (AvgIpc) is 2.15. The van der Waals surface area contributed by atoms with Crippen LogP contribution < -0.4 is 10.4 Å². The van der Waals surface area contributed by atoms with Gasteiger partial charge < -0.3 is 15.2 Å². The van der Waals surface area contributed by atoms with Gasteiger partial charge in [-0.15, -0.1) is 0 Å². The summed E-state index contributed by atoms with van der Waals surface area (Å²) in [5, 5.41) is 20.5. The van der Waals surface area contributed by atoms with Crippen molar-refractivity contribution < 1.29 is 9.90 Å². The first-order valence-electron chi connectivity index (χ1n) is 3.52. The number of nitriles is 1. The molecule has 66 valence electrons. The van der Waals surface area contributed by atoms with Gasteiger partial charge in [0.25, 0.3) is 0 Å². The van der Waals surface area contributed by atoms with E-state index in [2.05, 4.69) is 10.3 Å². The Morgan fingerprint density at radius 1 is 1.69 bits per heavy atom. The average molecular weight is 176 g/mol. The van der Waals surface area contributed by atoms with Gasteiger partial charge in [0.1, 0.15) is 17.9 Å². The van der Waals surface area contributed by atoms with E-state index in [-0.39, 0.29) is 6.54 Å². The van der Waals surface area contributed by atoms with Crippen molar-refractivity contribution in [2.45, 2.75) is 6.54 Å². The lowest BCUT2D eigenvalue weighted by molar-refractivity contribution is -0.251. The summed E-state index contributed by atoms with van der Waals surface area (Å²) in [5.41, 5.74) is 0.986. The molecule has 0 fully saturated rings. The van der Waals surface area contributed by atoms with Crippen LogP contribution in [-0.2, 0) is 6.54 Å². The van der Waals surface area contributed by atoms with E-state index in [0.29, 0.717) is 11.3 Å². The SMILES string of the molecule is N#Cc1ccc(CNC(=O)[O-])cn1. The molecule has 0 aliphatic rings. The zero-order valence-corrected chi connectivity index (χ0v) is 6.65. The highest BCUT2D eigenvalue weighted by molar-refractivity contribution is 5.61. The van der Waals surface area contributed by atoms with Gasteiger partial charge in [0, 0.05) is 12.7 Å². The van der Waals surface area contributed by atoms with Gasteiger partial charge in [-0.25, -0.2) is 4.98 Å². The molecular formula is C8H6N3O2-. The Bertz CT molecular complexity index is 339. The van der Waals surface area contributed by atoms with E-state index in [1.165, 1.54) is 12.3 Å². The zero-order chi connectivity index (χ0) is 9.68. The van der Waals surface area contributed by atoms with Crippen LogP contribution in [0.1, 0.15) is 11.3 Å². The van der Waals surface area contributed by atoms with Gasteiger partial charge in [0.05, 0.1) is 0 Å². The molecule has 1 rings (SSSR count). The topological polar surface area (TPSA) is 88.8 Å². The van der Waals surface area contributed by atoms with Crippen LogP contribution >= 0.6 is 0 Å². The maximum absolute atomic E-state index is 10.0. The van der Waals surface area contributed by atoms with Crippen molar-refractivity contribution in [3.63, 3.8) is 0 Å². The number of hydrogen-bond donors (Lipinski definition) is 1. The molecule has 1 heterocycles. The van der Waals surface area contributed by atoms with Gasteiger partial charge in [0.2, 0.25) is 0 Å². The van der Waals surface area contributed by atoms with Gasteiger partial charge in [-0.05, 0) is 11.6 Å². The van der Waals surface area contributed by atoms with Crippen molar-refractivity contribution in [3.05, 3.63) is 29.6 Å². The molecule has 1 aromatic heterocycles. The van der Waals surface area contributed by atoms with E-state index in [1.54, 1.807) is 6.07 Å².